The van der Waals surface area contributed by atoms with Crippen molar-refractivity contribution < 1.29 is 14.3 Å². The van der Waals surface area contributed by atoms with Crippen LogP contribution in [-0.2, 0) is 14.3 Å². The van der Waals surface area contributed by atoms with E-state index in [0.29, 0.717) is 10.7 Å². The van der Waals surface area contributed by atoms with Crippen molar-refractivity contribution in [2.75, 3.05) is 12.4 Å². The molecule has 0 aliphatic carbocycles. The Balaban J connectivity index is 2.56. The third kappa shape index (κ3) is 4.24. The zero-order chi connectivity index (χ0) is 12.8. The number of carbonyl (C=O) groups is 2. The standard InChI is InChI=1S/C11H11Cl2NO3/c1-17-10(16)6-5-9(15)14-8-4-2-3-7(12)11(8)13/h2-4H,5-6H2,1H3,(H,14,15). The van der Waals surface area contributed by atoms with Crippen LogP contribution in [0.5, 0.6) is 0 Å². The van der Waals surface area contributed by atoms with Gasteiger partial charge in [0.2, 0.25) is 5.91 Å². The summed E-state index contributed by atoms with van der Waals surface area (Å²) in [6.45, 7) is 0. The van der Waals surface area contributed by atoms with Crippen LogP contribution in [0.15, 0.2) is 18.2 Å². The summed E-state index contributed by atoms with van der Waals surface area (Å²) in [4.78, 5) is 22.3. The number of ether oxygens (including phenoxy) is 1. The van der Waals surface area contributed by atoms with Crippen molar-refractivity contribution in [2.24, 2.45) is 0 Å². The summed E-state index contributed by atoms with van der Waals surface area (Å²) in [6.07, 6.45) is 0.0655. The second kappa shape index (κ2) is 6.47. The normalized spacial score (nSPS) is 9.82. The Kier molecular flexibility index (Phi) is 5.25. The average Bonchev–Trinajstić information content (AvgIpc) is 2.32. The zero-order valence-corrected chi connectivity index (χ0v) is 10.6. The molecule has 1 aromatic carbocycles. The van der Waals surface area contributed by atoms with Gasteiger partial charge < -0.3 is 10.1 Å². The molecule has 6 heteroatoms. The lowest BCUT2D eigenvalue weighted by atomic mass is 10.2. The molecule has 0 saturated carbocycles. The number of benzene rings is 1. The van der Waals surface area contributed by atoms with Gasteiger partial charge in [0.1, 0.15) is 0 Å². The van der Waals surface area contributed by atoms with Crippen LogP contribution in [0.25, 0.3) is 0 Å². The predicted octanol–water partition coefficient (Wildman–Crippen LogP) is 2.89. The van der Waals surface area contributed by atoms with E-state index in [1.165, 1.54) is 7.11 Å². The molecule has 1 amide bonds. The maximum Gasteiger partial charge on any atom is 0.306 e. The molecule has 0 radical (unpaired) electrons. The molecule has 0 fully saturated rings. The molecule has 0 spiro atoms. The number of amides is 1. The van der Waals surface area contributed by atoms with E-state index < -0.39 is 5.97 Å². The van der Waals surface area contributed by atoms with E-state index in [1.807, 2.05) is 0 Å². The summed E-state index contributed by atoms with van der Waals surface area (Å²) in [6, 6.07) is 4.92. The SMILES string of the molecule is COC(=O)CCC(=O)Nc1cccc(Cl)c1Cl. The maximum atomic E-state index is 11.5. The number of esters is 1. The minimum absolute atomic E-state index is 0.0283. The zero-order valence-electron chi connectivity index (χ0n) is 9.13. The van der Waals surface area contributed by atoms with Gasteiger partial charge in [-0.25, -0.2) is 0 Å². The summed E-state index contributed by atoms with van der Waals surface area (Å²) in [5, 5.41) is 3.20. The van der Waals surface area contributed by atoms with Gasteiger partial charge >= 0.3 is 5.97 Å². The Labute approximate surface area is 109 Å². The first kappa shape index (κ1) is 13.8. The van der Waals surface area contributed by atoms with Crippen molar-refractivity contribution in [3.05, 3.63) is 28.2 Å². The van der Waals surface area contributed by atoms with Gasteiger partial charge in [0.25, 0.3) is 0 Å². The van der Waals surface area contributed by atoms with Crippen molar-refractivity contribution >= 4 is 40.8 Å². The summed E-state index contributed by atoms with van der Waals surface area (Å²) >= 11 is 11.7. The topological polar surface area (TPSA) is 55.4 Å². The molecular formula is C11H11Cl2NO3. The number of hydrogen-bond donors (Lipinski definition) is 1. The highest BCUT2D eigenvalue weighted by atomic mass is 35.5. The Hall–Kier alpha value is -1.26. The molecule has 0 aliphatic heterocycles. The van der Waals surface area contributed by atoms with Crippen molar-refractivity contribution in [3.8, 4) is 0 Å². The fraction of sp³-hybridized carbons (Fsp3) is 0.273. The lowest BCUT2D eigenvalue weighted by Crippen LogP contribution is -2.14. The minimum atomic E-state index is -0.433. The molecule has 0 unspecified atom stereocenters. The van der Waals surface area contributed by atoms with Crippen molar-refractivity contribution in [1.29, 1.82) is 0 Å². The van der Waals surface area contributed by atoms with Crippen molar-refractivity contribution in [3.63, 3.8) is 0 Å². The quantitative estimate of drug-likeness (QED) is 0.860. The summed E-state index contributed by atoms with van der Waals surface area (Å²) in [5.74, 6) is -0.753. The molecule has 0 atom stereocenters. The number of methoxy groups -OCH3 is 1. The summed E-state index contributed by atoms with van der Waals surface area (Å²) in [7, 11) is 1.27. The summed E-state index contributed by atoms with van der Waals surface area (Å²) < 4.78 is 4.43. The minimum Gasteiger partial charge on any atom is -0.469 e. The van der Waals surface area contributed by atoms with Crippen LogP contribution >= 0.6 is 23.2 Å². The van der Waals surface area contributed by atoms with Gasteiger partial charge in [-0.1, -0.05) is 29.3 Å². The first-order valence-corrected chi connectivity index (χ1v) is 5.61. The molecule has 0 heterocycles. The van der Waals surface area contributed by atoms with Gasteiger partial charge in [-0.05, 0) is 12.1 Å². The smallest absolute Gasteiger partial charge is 0.306 e. The molecule has 1 aromatic rings. The molecule has 0 aromatic heterocycles. The van der Waals surface area contributed by atoms with Crippen LogP contribution in [-0.4, -0.2) is 19.0 Å². The molecule has 1 rings (SSSR count). The first-order chi connectivity index (χ1) is 8.04. The fourth-order valence-electron chi connectivity index (χ4n) is 1.13. The van der Waals surface area contributed by atoms with Crippen LogP contribution < -0.4 is 5.32 Å². The average molecular weight is 276 g/mol. The van der Waals surface area contributed by atoms with Crippen LogP contribution in [0, 0.1) is 0 Å². The second-order valence-corrected chi connectivity index (χ2v) is 4.01. The number of carbonyl (C=O) groups excluding carboxylic acids is 2. The van der Waals surface area contributed by atoms with Crippen LogP contribution in [0.1, 0.15) is 12.8 Å². The molecule has 4 nitrogen and oxygen atoms in total. The van der Waals surface area contributed by atoms with E-state index >= 15 is 0 Å². The van der Waals surface area contributed by atoms with Gasteiger partial charge in [0, 0.05) is 6.42 Å². The third-order valence-corrected chi connectivity index (χ3v) is 2.83. The van der Waals surface area contributed by atoms with E-state index in [9.17, 15) is 9.59 Å². The van der Waals surface area contributed by atoms with E-state index in [1.54, 1.807) is 18.2 Å². The van der Waals surface area contributed by atoms with Gasteiger partial charge in [0.15, 0.2) is 0 Å². The predicted molar refractivity (Wildman–Crippen MR) is 66.3 cm³/mol. The van der Waals surface area contributed by atoms with E-state index in [0.717, 1.165) is 0 Å². The van der Waals surface area contributed by atoms with E-state index in [4.69, 9.17) is 23.2 Å². The van der Waals surface area contributed by atoms with Crippen LogP contribution in [0.4, 0.5) is 5.69 Å². The largest absolute Gasteiger partial charge is 0.469 e. The molecule has 0 aliphatic rings. The van der Waals surface area contributed by atoms with Gasteiger partial charge in [-0.3, -0.25) is 9.59 Å². The molecular weight excluding hydrogens is 265 g/mol. The number of anilines is 1. The van der Waals surface area contributed by atoms with Crippen molar-refractivity contribution in [1.82, 2.24) is 0 Å². The van der Waals surface area contributed by atoms with Gasteiger partial charge in [-0.15, -0.1) is 0 Å². The number of halogens is 2. The van der Waals surface area contributed by atoms with Crippen LogP contribution in [0.2, 0.25) is 10.0 Å². The van der Waals surface area contributed by atoms with E-state index in [2.05, 4.69) is 10.1 Å². The van der Waals surface area contributed by atoms with Crippen LogP contribution in [0.3, 0.4) is 0 Å². The molecule has 17 heavy (non-hydrogen) atoms. The molecule has 0 bridgehead atoms. The number of hydrogen-bond acceptors (Lipinski definition) is 3. The maximum absolute atomic E-state index is 11.5. The Morgan fingerprint density at radius 1 is 1.29 bits per heavy atom. The number of nitrogens with one attached hydrogen (secondary N) is 1. The van der Waals surface area contributed by atoms with Crippen molar-refractivity contribution in [2.45, 2.75) is 12.8 Å². The lowest BCUT2D eigenvalue weighted by Gasteiger charge is -2.07. The Morgan fingerprint density at radius 2 is 2.00 bits per heavy atom. The monoisotopic (exact) mass is 275 g/mol. The Bertz CT molecular complexity index is 435. The highest BCUT2D eigenvalue weighted by Gasteiger charge is 2.10. The third-order valence-electron chi connectivity index (χ3n) is 2.01. The molecule has 1 N–H and O–H groups in total. The first-order valence-electron chi connectivity index (χ1n) is 4.85. The molecule has 0 saturated heterocycles. The highest BCUT2D eigenvalue weighted by molar-refractivity contribution is 6.43. The Morgan fingerprint density at radius 3 is 2.65 bits per heavy atom. The fourth-order valence-corrected chi connectivity index (χ4v) is 1.48. The molecule has 92 valence electrons. The summed E-state index contributed by atoms with van der Waals surface area (Å²) in [5.41, 5.74) is 0.425. The highest BCUT2D eigenvalue weighted by Crippen LogP contribution is 2.29. The number of rotatable bonds is 4. The second-order valence-electron chi connectivity index (χ2n) is 3.23. The van der Waals surface area contributed by atoms with Gasteiger partial charge in [0.05, 0.1) is 29.3 Å². The van der Waals surface area contributed by atoms with Gasteiger partial charge in [-0.2, -0.15) is 0 Å². The van der Waals surface area contributed by atoms with E-state index in [-0.39, 0.29) is 23.8 Å². The lowest BCUT2D eigenvalue weighted by molar-refractivity contribution is -0.141.